The van der Waals surface area contributed by atoms with Crippen molar-refractivity contribution < 1.29 is 18.3 Å². The van der Waals surface area contributed by atoms with E-state index in [0.717, 1.165) is 5.75 Å². The van der Waals surface area contributed by atoms with Crippen LogP contribution in [-0.4, -0.2) is 52.9 Å². The summed E-state index contributed by atoms with van der Waals surface area (Å²) in [5, 5.41) is 0.180. The van der Waals surface area contributed by atoms with E-state index in [1.165, 1.54) is 11.4 Å². The summed E-state index contributed by atoms with van der Waals surface area (Å²) >= 11 is 1.41. The lowest BCUT2D eigenvalue weighted by molar-refractivity contribution is -0.0445. The fourth-order valence-corrected chi connectivity index (χ4v) is 7.39. The molecule has 4 nitrogen and oxygen atoms in total. The molecule has 0 N–H and O–H groups in total. The zero-order valence-electron chi connectivity index (χ0n) is 15.1. The van der Waals surface area contributed by atoms with Gasteiger partial charge >= 0.3 is 0 Å². The zero-order chi connectivity index (χ0) is 17.0. The first-order valence-electron chi connectivity index (χ1n) is 8.02. The molecule has 22 heavy (non-hydrogen) atoms. The molecule has 2 rings (SSSR count). The van der Waals surface area contributed by atoms with Crippen molar-refractivity contribution in [2.24, 2.45) is 5.92 Å². The second-order valence-electron chi connectivity index (χ2n) is 8.34. The largest absolute Gasteiger partial charge is 0.412 e. The Morgan fingerprint density at radius 1 is 1.41 bits per heavy atom. The van der Waals surface area contributed by atoms with Crippen LogP contribution in [0, 0.1) is 5.92 Å². The first-order valence-corrected chi connectivity index (χ1v) is 14.6. The van der Waals surface area contributed by atoms with E-state index in [-0.39, 0.29) is 28.7 Å². The molecule has 2 unspecified atom stereocenters. The quantitative estimate of drug-likeness (QED) is 0.556. The topological polar surface area (TPSA) is 44.8 Å². The predicted octanol–water partition coefficient (Wildman–Crippen LogP) is 3.33. The Morgan fingerprint density at radius 3 is 2.45 bits per heavy atom. The maximum Gasteiger partial charge on any atom is 0.254 e. The van der Waals surface area contributed by atoms with Crippen LogP contribution in [0.5, 0.6) is 0 Å². The van der Waals surface area contributed by atoms with Crippen molar-refractivity contribution in [3.63, 3.8) is 0 Å². The normalized spacial score (nSPS) is 43.7. The average Bonchev–Trinajstić information content (AvgIpc) is 2.57. The zero-order valence-corrected chi connectivity index (χ0v) is 17.8. The maximum atomic E-state index is 12.1. The van der Waals surface area contributed by atoms with Crippen molar-refractivity contribution in [2.45, 2.75) is 63.5 Å². The smallest absolute Gasteiger partial charge is 0.254 e. The van der Waals surface area contributed by atoms with E-state index in [4.69, 9.17) is 13.7 Å². The molecule has 0 aromatic carbocycles. The SMILES string of the molecule is B[C@@H]1O[C@@]2(COP(C)(=O)SC2)C(C)[C@@H]1O[Si](C)(C)C(C)(C)C. The second kappa shape index (κ2) is 5.92. The molecule has 0 aliphatic carbocycles. The van der Waals surface area contributed by atoms with Crippen molar-refractivity contribution in [3.05, 3.63) is 0 Å². The van der Waals surface area contributed by atoms with E-state index in [1.807, 2.05) is 0 Å². The molecule has 0 aromatic heterocycles. The van der Waals surface area contributed by atoms with Gasteiger partial charge in [0.15, 0.2) is 8.32 Å². The molecule has 2 fully saturated rings. The Labute approximate surface area is 141 Å². The van der Waals surface area contributed by atoms with Crippen LogP contribution in [0.15, 0.2) is 0 Å². The fraction of sp³-hybridized carbons (Fsp3) is 1.00. The highest BCUT2D eigenvalue weighted by molar-refractivity contribution is 8.56. The number of ether oxygens (including phenoxy) is 1. The number of hydrogen-bond donors (Lipinski definition) is 0. The van der Waals surface area contributed by atoms with Gasteiger partial charge in [0.1, 0.15) is 13.4 Å². The predicted molar refractivity (Wildman–Crippen MR) is 99.3 cm³/mol. The minimum absolute atomic E-state index is 0.0441. The molecule has 0 radical (unpaired) electrons. The van der Waals surface area contributed by atoms with Gasteiger partial charge in [0.05, 0.1) is 12.7 Å². The minimum atomic E-state index is -2.49. The first-order chi connectivity index (χ1) is 9.80. The van der Waals surface area contributed by atoms with Crippen LogP contribution in [0.3, 0.4) is 0 Å². The molecule has 2 aliphatic rings. The van der Waals surface area contributed by atoms with Crippen LogP contribution >= 0.6 is 18.0 Å². The maximum absolute atomic E-state index is 12.1. The van der Waals surface area contributed by atoms with Crippen LogP contribution in [0.25, 0.3) is 0 Å². The first kappa shape index (κ1) is 19.1. The van der Waals surface area contributed by atoms with E-state index in [1.54, 1.807) is 6.66 Å². The molecule has 5 atom stereocenters. The van der Waals surface area contributed by atoms with E-state index >= 15 is 0 Å². The van der Waals surface area contributed by atoms with Crippen LogP contribution < -0.4 is 0 Å². The van der Waals surface area contributed by atoms with Crippen LogP contribution in [0.2, 0.25) is 18.1 Å². The van der Waals surface area contributed by atoms with Crippen LogP contribution in [0.1, 0.15) is 27.7 Å². The van der Waals surface area contributed by atoms with Crippen molar-refractivity contribution in [2.75, 3.05) is 19.0 Å². The summed E-state index contributed by atoms with van der Waals surface area (Å²) in [7, 11) is 0.247. The summed E-state index contributed by atoms with van der Waals surface area (Å²) in [6, 6.07) is 0.0441. The standard InChI is InChI=1S/C14H30BO4PSSi/c1-10-11(19-22(6,7)13(2,3)4)12(15)18-14(10)8-17-20(5,16)21-9-14/h10-12H,8-9,15H2,1-7H3/t10?,11-,12+,14+,20?/m0/s1. The molecule has 2 aliphatic heterocycles. The van der Waals surface area contributed by atoms with E-state index in [2.05, 4.69) is 48.6 Å². The van der Waals surface area contributed by atoms with Gasteiger partial charge in [0, 0.05) is 24.3 Å². The highest BCUT2D eigenvalue weighted by Crippen LogP contribution is 2.63. The third-order valence-corrected chi connectivity index (χ3v) is 13.8. The van der Waals surface area contributed by atoms with Crippen LogP contribution in [0.4, 0.5) is 0 Å². The highest BCUT2D eigenvalue weighted by atomic mass is 32.7. The summed E-state index contributed by atoms with van der Waals surface area (Å²) < 4.78 is 30.6. The Balaban J connectivity index is 2.15. The number of hydrogen-bond acceptors (Lipinski definition) is 5. The molecule has 2 saturated heterocycles. The van der Waals surface area contributed by atoms with Gasteiger partial charge in [-0.05, 0) is 18.1 Å². The van der Waals surface area contributed by atoms with Gasteiger partial charge in [-0.25, -0.2) is 0 Å². The molecule has 0 saturated carbocycles. The minimum Gasteiger partial charge on any atom is -0.412 e. The summed E-state index contributed by atoms with van der Waals surface area (Å²) in [6.07, 6.45) is 0.0828. The van der Waals surface area contributed by atoms with Crippen molar-refractivity contribution in [1.82, 2.24) is 0 Å². The Kier molecular flexibility index (Phi) is 5.13. The molecule has 0 aromatic rings. The Bertz CT molecular complexity index is 470. The average molecular weight is 364 g/mol. The molecule has 128 valence electrons. The molecular formula is C14H30BO4PSSi. The fourth-order valence-electron chi connectivity index (χ4n) is 2.83. The van der Waals surface area contributed by atoms with Gasteiger partial charge in [0.25, 0.3) is 6.57 Å². The third kappa shape index (κ3) is 3.55. The second-order valence-corrected chi connectivity index (χ2v) is 18.2. The van der Waals surface area contributed by atoms with Crippen molar-refractivity contribution in [3.8, 4) is 0 Å². The summed E-state index contributed by atoms with van der Waals surface area (Å²) in [4.78, 5) is 0. The summed E-state index contributed by atoms with van der Waals surface area (Å²) in [6.45, 7) is 13.1. The molecule has 8 heteroatoms. The molecule has 0 amide bonds. The van der Waals surface area contributed by atoms with E-state index in [0.29, 0.717) is 6.61 Å². The van der Waals surface area contributed by atoms with Gasteiger partial charge in [-0.1, -0.05) is 39.1 Å². The van der Waals surface area contributed by atoms with Gasteiger partial charge in [-0.3, -0.25) is 4.57 Å². The van der Waals surface area contributed by atoms with Gasteiger partial charge < -0.3 is 13.7 Å². The third-order valence-electron chi connectivity index (χ3n) is 5.53. The van der Waals surface area contributed by atoms with Crippen molar-refractivity contribution in [1.29, 1.82) is 0 Å². The van der Waals surface area contributed by atoms with Crippen LogP contribution in [-0.2, 0) is 18.3 Å². The van der Waals surface area contributed by atoms with Gasteiger partial charge in [0.2, 0.25) is 0 Å². The molecule has 2 heterocycles. The summed E-state index contributed by atoms with van der Waals surface area (Å²) in [5.41, 5.74) is -0.360. The monoisotopic (exact) mass is 364 g/mol. The highest BCUT2D eigenvalue weighted by Gasteiger charge is 2.56. The summed E-state index contributed by atoms with van der Waals surface area (Å²) in [5.74, 6) is 0.966. The van der Waals surface area contributed by atoms with E-state index in [9.17, 15) is 4.57 Å². The van der Waals surface area contributed by atoms with Gasteiger partial charge in [-0.2, -0.15) is 0 Å². The molecule has 1 spiro atoms. The molecular weight excluding hydrogens is 334 g/mol. The number of rotatable bonds is 2. The van der Waals surface area contributed by atoms with Gasteiger partial charge in [-0.15, -0.1) is 0 Å². The lowest BCUT2D eigenvalue weighted by Gasteiger charge is -2.42. The van der Waals surface area contributed by atoms with Crippen molar-refractivity contribution >= 4 is 34.1 Å². The van der Waals surface area contributed by atoms with E-state index < -0.39 is 14.9 Å². The Morgan fingerprint density at radius 2 is 2.00 bits per heavy atom. The Hall–Kier alpha value is 0.742. The lowest BCUT2D eigenvalue weighted by Crippen LogP contribution is -2.50. The lowest BCUT2D eigenvalue weighted by atomic mass is 9.84. The molecule has 0 bridgehead atoms.